The third-order valence-corrected chi connectivity index (χ3v) is 3.26. The Morgan fingerprint density at radius 2 is 2.16 bits per heavy atom. The molecule has 6 nitrogen and oxygen atoms in total. The first-order chi connectivity index (χ1) is 9.06. The van der Waals surface area contributed by atoms with Crippen LogP contribution in [-0.4, -0.2) is 46.1 Å². The molecule has 0 aliphatic heterocycles. The monoisotopic (exact) mass is 285 g/mol. The van der Waals surface area contributed by atoms with Crippen LogP contribution in [0.1, 0.15) is 33.4 Å². The Kier molecular flexibility index (Phi) is 6.72. The van der Waals surface area contributed by atoms with E-state index in [2.05, 4.69) is 25.1 Å². The number of aromatic nitrogens is 2. The van der Waals surface area contributed by atoms with Crippen molar-refractivity contribution < 1.29 is 4.79 Å². The molecule has 0 aliphatic rings. The standard InChI is InChI=1S/C12H23N5OS/c1-5-13-12-10(15-16-19-12)7-17(6-2)8-11(18)14-9(3)4/h9,13H,5-8H2,1-4H3,(H,14,18). The maximum Gasteiger partial charge on any atom is 0.234 e. The molecular weight excluding hydrogens is 262 g/mol. The van der Waals surface area contributed by atoms with Crippen LogP contribution in [-0.2, 0) is 11.3 Å². The molecular formula is C12H23N5OS. The Bertz CT molecular complexity index is 393. The van der Waals surface area contributed by atoms with Crippen LogP contribution >= 0.6 is 11.5 Å². The molecule has 2 N–H and O–H groups in total. The lowest BCUT2D eigenvalue weighted by Crippen LogP contribution is -2.39. The van der Waals surface area contributed by atoms with Gasteiger partial charge < -0.3 is 10.6 Å². The molecule has 0 atom stereocenters. The number of nitrogens with zero attached hydrogens (tertiary/aromatic N) is 3. The van der Waals surface area contributed by atoms with Crippen molar-refractivity contribution >= 4 is 22.4 Å². The number of rotatable bonds is 8. The molecule has 0 unspecified atom stereocenters. The molecule has 1 aromatic heterocycles. The van der Waals surface area contributed by atoms with Crippen LogP contribution in [0.4, 0.5) is 5.00 Å². The molecule has 0 radical (unpaired) electrons. The first-order valence-corrected chi connectivity index (χ1v) is 7.40. The van der Waals surface area contributed by atoms with Crippen LogP contribution in [0.3, 0.4) is 0 Å². The van der Waals surface area contributed by atoms with Gasteiger partial charge in [0.05, 0.1) is 6.54 Å². The van der Waals surface area contributed by atoms with Crippen molar-refractivity contribution in [1.82, 2.24) is 19.8 Å². The summed E-state index contributed by atoms with van der Waals surface area (Å²) < 4.78 is 3.96. The van der Waals surface area contributed by atoms with E-state index in [4.69, 9.17) is 0 Å². The molecule has 108 valence electrons. The summed E-state index contributed by atoms with van der Waals surface area (Å²) in [6, 6.07) is 0.171. The van der Waals surface area contributed by atoms with E-state index in [0.29, 0.717) is 13.1 Å². The number of hydrogen-bond donors (Lipinski definition) is 2. The van der Waals surface area contributed by atoms with Crippen LogP contribution in [0.15, 0.2) is 0 Å². The number of carbonyl (C=O) groups excluding carboxylic acids is 1. The number of likely N-dealkylation sites (N-methyl/N-ethyl adjacent to an activating group) is 1. The first-order valence-electron chi connectivity index (χ1n) is 6.63. The zero-order valence-electron chi connectivity index (χ0n) is 12.1. The van der Waals surface area contributed by atoms with Gasteiger partial charge in [-0.3, -0.25) is 9.69 Å². The van der Waals surface area contributed by atoms with Gasteiger partial charge in [0.15, 0.2) is 0 Å². The lowest BCUT2D eigenvalue weighted by atomic mass is 10.3. The van der Waals surface area contributed by atoms with Crippen molar-refractivity contribution in [3.8, 4) is 0 Å². The number of hydrogen-bond acceptors (Lipinski definition) is 6. The summed E-state index contributed by atoms with van der Waals surface area (Å²) in [4.78, 5) is 13.8. The molecule has 1 heterocycles. The summed E-state index contributed by atoms with van der Waals surface area (Å²) >= 11 is 1.36. The topological polar surface area (TPSA) is 70.2 Å². The second-order valence-electron chi connectivity index (χ2n) is 4.60. The highest BCUT2D eigenvalue weighted by molar-refractivity contribution is 7.10. The van der Waals surface area contributed by atoms with Gasteiger partial charge in [-0.15, -0.1) is 5.10 Å². The van der Waals surface area contributed by atoms with E-state index in [1.807, 2.05) is 27.7 Å². The Hall–Kier alpha value is -1.21. The number of carbonyl (C=O) groups is 1. The third-order valence-electron chi connectivity index (χ3n) is 2.53. The molecule has 1 aromatic rings. The lowest BCUT2D eigenvalue weighted by molar-refractivity contribution is -0.122. The van der Waals surface area contributed by atoms with Crippen molar-refractivity contribution in [2.75, 3.05) is 25.0 Å². The minimum absolute atomic E-state index is 0.0463. The van der Waals surface area contributed by atoms with Crippen LogP contribution in [0.5, 0.6) is 0 Å². The normalized spacial score (nSPS) is 11.1. The highest BCUT2D eigenvalue weighted by Gasteiger charge is 2.14. The largest absolute Gasteiger partial charge is 0.374 e. The molecule has 0 saturated carbocycles. The van der Waals surface area contributed by atoms with Crippen LogP contribution in [0, 0.1) is 0 Å². The average molecular weight is 285 g/mol. The van der Waals surface area contributed by atoms with Gasteiger partial charge in [-0.05, 0) is 27.3 Å². The molecule has 1 rings (SSSR count). The van der Waals surface area contributed by atoms with Gasteiger partial charge in [-0.2, -0.15) is 0 Å². The van der Waals surface area contributed by atoms with E-state index < -0.39 is 0 Å². The van der Waals surface area contributed by atoms with Crippen molar-refractivity contribution in [2.24, 2.45) is 0 Å². The van der Waals surface area contributed by atoms with E-state index in [1.54, 1.807) is 0 Å². The summed E-state index contributed by atoms with van der Waals surface area (Å²) in [6.07, 6.45) is 0. The van der Waals surface area contributed by atoms with Gasteiger partial charge in [0, 0.05) is 30.7 Å². The predicted molar refractivity (Wildman–Crippen MR) is 78.3 cm³/mol. The minimum atomic E-state index is 0.0463. The van der Waals surface area contributed by atoms with Crippen molar-refractivity contribution in [3.63, 3.8) is 0 Å². The Morgan fingerprint density at radius 3 is 2.74 bits per heavy atom. The second kappa shape index (κ2) is 8.06. The number of nitrogens with one attached hydrogen (secondary N) is 2. The molecule has 19 heavy (non-hydrogen) atoms. The molecule has 0 aromatic carbocycles. The smallest absolute Gasteiger partial charge is 0.234 e. The summed E-state index contributed by atoms with van der Waals surface area (Å²) in [5, 5.41) is 11.2. The molecule has 0 fully saturated rings. The SMILES string of the molecule is CCNc1snnc1CN(CC)CC(=O)NC(C)C. The Labute approximate surface area is 118 Å². The lowest BCUT2D eigenvalue weighted by Gasteiger charge is -2.20. The summed E-state index contributed by atoms with van der Waals surface area (Å²) in [5.41, 5.74) is 0.908. The summed E-state index contributed by atoms with van der Waals surface area (Å²) in [5.74, 6) is 0.0463. The van der Waals surface area contributed by atoms with Gasteiger partial charge in [-0.1, -0.05) is 11.4 Å². The molecule has 1 amide bonds. The van der Waals surface area contributed by atoms with E-state index in [1.165, 1.54) is 11.5 Å². The first kappa shape index (κ1) is 15.8. The van der Waals surface area contributed by atoms with E-state index in [-0.39, 0.29) is 11.9 Å². The summed E-state index contributed by atoms with van der Waals surface area (Å²) in [7, 11) is 0. The molecule has 0 bridgehead atoms. The van der Waals surface area contributed by atoms with Crippen LogP contribution in [0.25, 0.3) is 0 Å². The van der Waals surface area contributed by atoms with Crippen molar-refractivity contribution in [1.29, 1.82) is 0 Å². The Morgan fingerprint density at radius 1 is 1.42 bits per heavy atom. The van der Waals surface area contributed by atoms with Gasteiger partial charge >= 0.3 is 0 Å². The van der Waals surface area contributed by atoms with Gasteiger partial charge in [0.2, 0.25) is 5.91 Å². The highest BCUT2D eigenvalue weighted by atomic mass is 32.1. The van der Waals surface area contributed by atoms with Gasteiger partial charge in [0.25, 0.3) is 0 Å². The van der Waals surface area contributed by atoms with Gasteiger partial charge in [-0.25, -0.2) is 0 Å². The van der Waals surface area contributed by atoms with Gasteiger partial charge in [0.1, 0.15) is 10.7 Å². The van der Waals surface area contributed by atoms with Crippen molar-refractivity contribution in [2.45, 2.75) is 40.3 Å². The predicted octanol–water partition coefficient (Wildman–Crippen LogP) is 1.32. The van der Waals surface area contributed by atoms with Crippen molar-refractivity contribution in [3.05, 3.63) is 5.69 Å². The van der Waals surface area contributed by atoms with Crippen LogP contribution in [0.2, 0.25) is 0 Å². The molecule has 0 spiro atoms. The zero-order valence-corrected chi connectivity index (χ0v) is 12.9. The highest BCUT2D eigenvalue weighted by Crippen LogP contribution is 2.18. The number of anilines is 1. The maximum atomic E-state index is 11.8. The van der Waals surface area contributed by atoms with E-state index in [9.17, 15) is 4.79 Å². The van der Waals surface area contributed by atoms with E-state index in [0.717, 1.165) is 23.8 Å². The van der Waals surface area contributed by atoms with E-state index >= 15 is 0 Å². The molecule has 0 aliphatic carbocycles. The Balaban J connectivity index is 2.56. The molecule has 7 heteroatoms. The number of amides is 1. The third kappa shape index (κ3) is 5.52. The fraction of sp³-hybridized carbons (Fsp3) is 0.750. The minimum Gasteiger partial charge on any atom is -0.374 e. The molecule has 0 saturated heterocycles. The fourth-order valence-electron chi connectivity index (χ4n) is 1.67. The summed E-state index contributed by atoms with van der Waals surface area (Å²) in [6.45, 7) is 10.7. The second-order valence-corrected chi connectivity index (χ2v) is 5.36. The quantitative estimate of drug-likeness (QED) is 0.754. The average Bonchev–Trinajstić information content (AvgIpc) is 2.75. The maximum absolute atomic E-state index is 11.8. The zero-order chi connectivity index (χ0) is 14.3. The fourth-order valence-corrected chi connectivity index (χ4v) is 2.31. The van der Waals surface area contributed by atoms with Crippen LogP contribution < -0.4 is 10.6 Å².